The third-order valence-corrected chi connectivity index (χ3v) is 5.65. The van der Waals surface area contributed by atoms with Crippen LogP contribution in [0.4, 0.5) is 0 Å². The predicted molar refractivity (Wildman–Crippen MR) is 112 cm³/mol. The molecule has 152 valence electrons. The van der Waals surface area contributed by atoms with E-state index in [1.165, 1.54) is 0 Å². The van der Waals surface area contributed by atoms with Crippen molar-refractivity contribution in [1.29, 1.82) is 0 Å². The maximum atomic E-state index is 13.1. The molecule has 0 aliphatic rings. The summed E-state index contributed by atoms with van der Waals surface area (Å²) in [6, 6.07) is 26.0. The minimum atomic E-state index is -3.72. The van der Waals surface area contributed by atoms with Gasteiger partial charge in [0.15, 0.2) is 0 Å². The van der Waals surface area contributed by atoms with Gasteiger partial charge in [0.2, 0.25) is 0 Å². The zero-order valence-corrected chi connectivity index (χ0v) is 17.0. The number of hydrogen-bond donors (Lipinski definition) is 1. The van der Waals surface area contributed by atoms with Gasteiger partial charge in [0.05, 0.1) is 19.8 Å². The first-order valence-electron chi connectivity index (χ1n) is 9.52. The van der Waals surface area contributed by atoms with Crippen molar-refractivity contribution in [2.45, 2.75) is 26.1 Å². The lowest BCUT2D eigenvalue weighted by Gasteiger charge is -2.18. The molecule has 0 atom stereocenters. The number of phenolic OH excluding ortho intramolecular Hbond substituents is 1. The van der Waals surface area contributed by atoms with E-state index in [9.17, 15) is 9.67 Å². The lowest BCUT2D eigenvalue weighted by Crippen LogP contribution is -2.03. The number of phenols is 1. The molecule has 0 aliphatic heterocycles. The molecular formula is C23H25O5P. The molecule has 0 spiro atoms. The molecule has 3 rings (SSSR count). The van der Waals surface area contributed by atoms with E-state index in [1.54, 1.807) is 12.1 Å². The summed E-state index contributed by atoms with van der Waals surface area (Å²) in [5.41, 5.74) is 2.85. The van der Waals surface area contributed by atoms with E-state index in [1.807, 2.05) is 72.8 Å². The average molecular weight is 412 g/mol. The van der Waals surface area contributed by atoms with Crippen LogP contribution in [0.1, 0.15) is 23.1 Å². The molecule has 0 saturated carbocycles. The van der Waals surface area contributed by atoms with Crippen LogP contribution in [0, 0.1) is 0 Å². The minimum absolute atomic E-state index is 0.144. The molecule has 0 bridgehead atoms. The summed E-state index contributed by atoms with van der Waals surface area (Å²) in [7, 11) is -3.72. The highest BCUT2D eigenvalue weighted by Crippen LogP contribution is 2.51. The Balaban J connectivity index is 1.55. The smallest absolute Gasteiger partial charge is 0.475 e. The van der Waals surface area contributed by atoms with E-state index in [-0.39, 0.29) is 25.6 Å². The zero-order valence-electron chi connectivity index (χ0n) is 16.1. The molecule has 6 heteroatoms. The largest absolute Gasteiger partial charge is 0.508 e. The highest BCUT2D eigenvalue weighted by molar-refractivity contribution is 7.48. The van der Waals surface area contributed by atoms with Crippen molar-refractivity contribution in [3.63, 3.8) is 0 Å². The Morgan fingerprint density at radius 2 is 1.17 bits per heavy atom. The van der Waals surface area contributed by atoms with E-state index in [0.29, 0.717) is 6.42 Å². The number of phosphoric acid groups is 1. The van der Waals surface area contributed by atoms with E-state index in [0.717, 1.165) is 23.1 Å². The average Bonchev–Trinajstić information content (AvgIpc) is 2.77. The highest BCUT2D eigenvalue weighted by Gasteiger charge is 2.27. The van der Waals surface area contributed by atoms with E-state index in [4.69, 9.17) is 13.6 Å². The fourth-order valence-electron chi connectivity index (χ4n) is 2.68. The van der Waals surface area contributed by atoms with Crippen LogP contribution in [-0.2, 0) is 37.8 Å². The van der Waals surface area contributed by atoms with Gasteiger partial charge in [-0.1, -0.05) is 72.8 Å². The fourth-order valence-corrected chi connectivity index (χ4v) is 3.87. The number of aryl methyl sites for hydroxylation is 1. The molecule has 5 nitrogen and oxygen atoms in total. The molecule has 29 heavy (non-hydrogen) atoms. The normalized spacial score (nSPS) is 11.4. The SMILES string of the molecule is O=P(OCCCc1ccc(O)cc1)(OCc1ccccc1)OCc1ccccc1. The van der Waals surface area contributed by atoms with E-state index in [2.05, 4.69) is 0 Å². The summed E-state index contributed by atoms with van der Waals surface area (Å²) in [5, 5.41) is 9.35. The van der Waals surface area contributed by atoms with Crippen LogP contribution in [0.5, 0.6) is 5.75 Å². The van der Waals surface area contributed by atoms with Crippen LogP contribution in [-0.4, -0.2) is 11.7 Å². The van der Waals surface area contributed by atoms with Gasteiger partial charge in [0.25, 0.3) is 0 Å². The molecule has 3 aromatic carbocycles. The molecule has 3 aromatic rings. The second-order valence-corrected chi connectivity index (χ2v) is 8.24. The van der Waals surface area contributed by atoms with Gasteiger partial charge in [-0.25, -0.2) is 4.57 Å². The van der Waals surface area contributed by atoms with Crippen LogP contribution >= 0.6 is 7.82 Å². The van der Waals surface area contributed by atoms with E-state index >= 15 is 0 Å². The van der Waals surface area contributed by atoms with Crippen LogP contribution in [0.15, 0.2) is 84.9 Å². The molecule has 0 radical (unpaired) electrons. The molecular weight excluding hydrogens is 387 g/mol. The van der Waals surface area contributed by atoms with Crippen molar-refractivity contribution in [1.82, 2.24) is 0 Å². The number of hydrogen-bond acceptors (Lipinski definition) is 5. The molecule has 0 aromatic heterocycles. The van der Waals surface area contributed by atoms with Crippen LogP contribution in [0.3, 0.4) is 0 Å². The fraction of sp³-hybridized carbons (Fsp3) is 0.217. The number of phosphoric ester groups is 1. The lowest BCUT2D eigenvalue weighted by atomic mass is 10.1. The Bertz CT molecular complexity index is 850. The Labute approximate surface area is 171 Å². The Morgan fingerprint density at radius 1 is 0.655 bits per heavy atom. The van der Waals surface area contributed by atoms with Crippen LogP contribution in [0.2, 0.25) is 0 Å². The second kappa shape index (κ2) is 10.9. The zero-order chi connectivity index (χ0) is 20.4. The number of rotatable bonds is 11. The van der Waals surface area contributed by atoms with Crippen molar-refractivity contribution < 1.29 is 23.2 Å². The van der Waals surface area contributed by atoms with Crippen molar-refractivity contribution >= 4 is 7.82 Å². The van der Waals surface area contributed by atoms with Gasteiger partial charge in [-0.3, -0.25) is 13.6 Å². The van der Waals surface area contributed by atoms with E-state index < -0.39 is 7.82 Å². The Morgan fingerprint density at radius 3 is 1.69 bits per heavy atom. The molecule has 0 saturated heterocycles. The third kappa shape index (κ3) is 7.48. The lowest BCUT2D eigenvalue weighted by molar-refractivity contribution is 0.102. The molecule has 0 aliphatic carbocycles. The summed E-state index contributed by atoms with van der Waals surface area (Å²) in [5.74, 6) is 0.234. The van der Waals surface area contributed by atoms with Gasteiger partial charge in [-0.2, -0.15) is 0 Å². The molecule has 0 heterocycles. The van der Waals surface area contributed by atoms with Gasteiger partial charge in [0.1, 0.15) is 5.75 Å². The maximum absolute atomic E-state index is 13.1. The van der Waals surface area contributed by atoms with Gasteiger partial charge in [0, 0.05) is 0 Å². The number of benzene rings is 3. The summed E-state index contributed by atoms with van der Waals surface area (Å²) in [4.78, 5) is 0. The summed E-state index contributed by atoms with van der Waals surface area (Å²) < 4.78 is 29.9. The minimum Gasteiger partial charge on any atom is -0.508 e. The van der Waals surface area contributed by atoms with Crippen LogP contribution < -0.4 is 0 Å². The van der Waals surface area contributed by atoms with Crippen molar-refractivity contribution in [3.8, 4) is 5.75 Å². The second-order valence-electron chi connectivity index (χ2n) is 6.57. The summed E-state index contributed by atoms with van der Waals surface area (Å²) >= 11 is 0. The summed E-state index contributed by atoms with van der Waals surface area (Å²) in [6.07, 6.45) is 1.38. The van der Waals surface area contributed by atoms with Crippen LogP contribution in [0.25, 0.3) is 0 Å². The van der Waals surface area contributed by atoms with Gasteiger partial charge >= 0.3 is 7.82 Å². The molecule has 0 fully saturated rings. The third-order valence-electron chi connectivity index (χ3n) is 4.26. The predicted octanol–water partition coefficient (Wildman–Crippen LogP) is 5.88. The summed E-state index contributed by atoms with van der Waals surface area (Å²) in [6.45, 7) is 0.525. The van der Waals surface area contributed by atoms with Crippen molar-refractivity contribution in [3.05, 3.63) is 102 Å². The first-order chi connectivity index (χ1) is 14.1. The maximum Gasteiger partial charge on any atom is 0.475 e. The highest BCUT2D eigenvalue weighted by atomic mass is 31.2. The standard InChI is InChI=1S/C23H25O5P/c24-23-15-13-20(14-16-23)12-7-17-26-29(25,27-18-21-8-3-1-4-9-21)28-19-22-10-5-2-6-11-22/h1-6,8-11,13-16,24H,7,12,17-19H2. The number of aromatic hydroxyl groups is 1. The quantitative estimate of drug-likeness (QED) is 0.315. The Kier molecular flexibility index (Phi) is 8.03. The molecule has 0 unspecified atom stereocenters. The van der Waals surface area contributed by atoms with Gasteiger partial charge in [-0.15, -0.1) is 0 Å². The van der Waals surface area contributed by atoms with Gasteiger partial charge < -0.3 is 5.11 Å². The molecule has 1 N–H and O–H groups in total. The molecule has 0 amide bonds. The van der Waals surface area contributed by atoms with Crippen molar-refractivity contribution in [2.24, 2.45) is 0 Å². The Hall–Kier alpha value is -2.43. The van der Waals surface area contributed by atoms with Crippen molar-refractivity contribution in [2.75, 3.05) is 6.61 Å². The topological polar surface area (TPSA) is 65.0 Å². The first kappa shape index (κ1) is 21.3. The first-order valence-corrected chi connectivity index (χ1v) is 11.0. The monoisotopic (exact) mass is 412 g/mol. The van der Waals surface area contributed by atoms with Gasteiger partial charge in [-0.05, 0) is 41.7 Å².